The van der Waals surface area contributed by atoms with E-state index in [1.54, 1.807) is 6.20 Å². The number of nitrogens with one attached hydrogen (secondary N) is 1. The molecule has 0 saturated heterocycles. The van der Waals surface area contributed by atoms with Crippen molar-refractivity contribution in [3.63, 3.8) is 0 Å². The van der Waals surface area contributed by atoms with E-state index in [0.29, 0.717) is 0 Å². The molecule has 6 heteroatoms. The molecule has 0 atom stereocenters. The minimum atomic E-state index is 0.750. The van der Waals surface area contributed by atoms with E-state index in [9.17, 15) is 0 Å². The van der Waals surface area contributed by atoms with Gasteiger partial charge < -0.3 is 14.3 Å². The number of aryl methyl sites for hydroxylation is 2. The Balaban J connectivity index is 1.45. The topological polar surface area (TPSA) is 68.8 Å². The lowest BCUT2D eigenvalue weighted by molar-refractivity contribution is 0.572. The van der Waals surface area contributed by atoms with Crippen LogP contribution in [-0.4, -0.2) is 19.5 Å². The molecule has 6 nitrogen and oxygen atoms in total. The van der Waals surface area contributed by atoms with E-state index in [4.69, 9.17) is 4.42 Å². The molecule has 0 fully saturated rings. The van der Waals surface area contributed by atoms with Crippen molar-refractivity contribution in [2.45, 2.75) is 13.8 Å². The van der Waals surface area contributed by atoms with Gasteiger partial charge in [0.1, 0.15) is 11.6 Å². The highest BCUT2D eigenvalue weighted by atomic mass is 16.3. The molecule has 2 aromatic carbocycles. The van der Waals surface area contributed by atoms with E-state index in [1.165, 1.54) is 6.39 Å². The summed E-state index contributed by atoms with van der Waals surface area (Å²) < 4.78 is 7.52. The van der Waals surface area contributed by atoms with Gasteiger partial charge in [-0.25, -0.2) is 15.0 Å². The molecular formula is C24H21N5O. The molecule has 0 radical (unpaired) electrons. The second-order valence-corrected chi connectivity index (χ2v) is 7.40. The van der Waals surface area contributed by atoms with Gasteiger partial charge in [0, 0.05) is 35.4 Å². The molecule has 5 rings (SSSR count). The van der Waals surface area contributed by atoms with Gasteiger partial charge in [-0.1, -0.05) is 18.2 Å². The zero-order valence-electron chi connectivity index (χ0n) is 17.0. The Kier molecular flexibility index (Phi) is 4.32. The summed E-state index contributed by atoms with van der Waals surface area (Å²) in [5, 5.41) is 5.60. The Labute approximate surface area is 174 Å². The number of rotatable bonds is 4. The predicted molar refractivity (Wildman–Crippen MR) is 119 cm³/mol. The zero-order valence-corrected chi connectivity index (χ0v) is 17.0. The highest BCUT2D eigenvalue weighted by molar-refractivity contribution is 5.88. The summed E-state index contributed by atoms with van der Waals surface area (Å²) in [6, 6.07) is 14.6. The predicted octanol–water partition coefficient (Wildman–Crippen LogP) is 5.65. The molecule has 3 heterocycles. The third-order valence-electron chi connectivity index (χ3n) is 5.44. The van der Waals surface area contributed by atoms with Gasteiger partial charge in [0.15, 0.2) is 12.2 Å². The van der Waals surface area contributed by atoms with Crippen molar-refractivity contribution in [1.29, 1.82) is 0 Å². The Morgan fingerprint density at radius 3 is 2.47 bits per heavy atom. The van der Waals surface area contributed by atoms with Crippen LogP contribution in [0.4, 0.5) is 11.5 Å². The van der Waals surface area contributed by atoms with E-state index in [-0.39, 0.29) is 0 Å². The van der Waals surface area contributed by atoms with E-state index in [2.05, 4.69) is 56.0 Å². The fourth-order valence-corrected chi connectivity index (χ4v) is 3.59. The molecule has 148 valence electrons. The number of hydrogen-bond donors (Lipinski definition) is 1. The molecule has 0 spiro atoms. The second kappa shape index (κ2) is 7.15. The number of fused-ring (bicyclic) bond motifs is 1. The number of pyridine rings is 1. The molecule has 0 saturated carbocycles. The monoisotopic (exact) mass is 395 g/mol. The van der Waals surface area contributed by atoms with E-state index >= 15 is 0 Å². The zero-order chi connectivity index (χ0) is 20.7. The molecule has 0 aliphatic carbocycles. The van der Waals surface area contributed by atoms with E-state index < -0.39 is 0 Å². The Morgan fingerprint density at radius 1 is 0.867 bits per heavy atom. The summed E-state index contributed by atoms with van der Waals surface area (Å²) in [4.78, 5) is 13.0. The lowest BCUT2D eigenvalue weighted by atomic mass is 10.1. The van der Waals surface area contributed by atoms with Crippen molar-refractivity contribution in [1.82, 2.24) is 19.5 Å². The molecule has 0 aliphatic heterocycles. The summed E-state index contributed by atoms with van der Waals surface area (Å²) in [5.41, 5.74) is 5.40. The average molecular weight is 395 g/mol. The van der Waals surface area contributed by atoms with Crippen LogP contribution in [0.5, 0.6) is 0 Å². The number of anilines is 2. The van der Waals surface area contributed by atoms with E-state index in [0.717, 1.165) is 56.2 Å². The normalized spacial score (nSPS) is 11.2. The molecule has 5 aromatic rings. The lowest BCUT2D eigenvalue weighted by Gasteiger charge is -2.12. The van der Waals surface area contributed by atoms with Gasteiger partial charge in [0.2, 0.25) is 0 Å². The smallest absolute Gasteiger partial charge is 0.181 e. The second-order valence-electron chi connectivity index (χ2n) is 7.40. The molecule has 1 N–H and O–H groups in total. The Hall–Kier alpha value is -3.93. The molecule has 0 aliphatic rings. The first-order chi connectivity index (χ1) is 14.6. The summed E-state index contributed by atoms with van der Waals surface area (Å²) >= 11 is 0. The Morgan fingerprint density at radius 2 is 1.73 bits per heavy atom. The maximum atomic E-state index is 5.42. The van der Waals surface area contributed by atoms with Crippen molar-refractivity contribution < 1.29 is 4.42 Å². The molecule has 30 heavy (non-hydrogen) atoms. The SMILES string of the molecule is Cc1cc(-c2cnc(C)n2C)ccc1Nc1cc2cc(-c3cnco3)ccc2cn1. The van der Waals surface area contributed by atoms with Crippen LogP contribution in [0, 0.1) is 13.8 Å². The first-order valence-corrected chi connectivity index (χ1v) is 9.73. The number of benzene rings is 2. The van der Waals surface area contributed by atoms with Crippen molar-refractivity contribution >= 4 is 22.3 Å². The first kappa shape index (κ1) is 18.1. The highest BCUT2D eigenvalue weighted by Gasteiger charge is 2.09. The largest absolute Gasteiger partial charge is 0.444 e. The fraction of sp³-hybridized carbons (Fsp3) is 0.125. The van der Waals surface area contributed by atoms with Gasteiger partial charge in [0.05, 0.1) is 18.1 Å². The maximum absolute atomic E-state index is 5.42. The lowest BCUT2D eigenvalue weighted by Crippen LogP contribution is -1.98. The summed E-state index contributed by atoms with van der Waals surface area (Å²) in [5.74, 6) is 2.54. The fourth-order valence-electron chi connectivity index (χ4n) is 3.59. The van der Waals surface area contributed by atoms with Crippen LogP contribution in [0.15, 0.2) is 71.9 Å². The quantitative estimate of drug-likeness (QED) is 0.426. The van der Waals surface area contributed by atoms with Gasteiger partial charge in [0.25, 0.3) is 0 Å². The number of oxazole rings is 1. The van der Waals surface area contributed by atoms with Crippen molar-refractivity contribution in [2.24, 2.45) is 7.05 Å². The van der Waals surface area contributed by atoms with Crippen molar-refractivity contribution in [2.75, 3.05) is 5.32 Å². The minimum Gasteiger partial charge on any atom is -0.444 e. The number of hydrogen-bond acceptors (Lipinski definition) is 5. The van der Waals surface area contributed by atoms with Crippen molar-refractivity contribution in [3.05, 3.63) is 78.8 Å². The van der Waals surface area contributed by atoms with Gasteiger partial charge in [-0.15, -0.1) is 0 Å². The molecular weight excluding hydrogens is 374 g/mol. The van der Waals surface area contributed by atoms with Gasteiger partial charge in [-0.2, -0.15) is 0 Å². The molecule has 0 unspecified atom stereocenters. The molecule has 0 bridgehead atoms. The minimum absolute atomic E-state index is 0.750. The van der Waals surface area contributed by atoms with Crippen LogP contribution in [0.2, 0.25) is 0 Å². The van der Waals surface area contributed by atoms with Crippen LogP contribution in [-0.2, 0) is 7.05 Å². The van der Waals surface area contributed by atoms with Crippen LogP contribution < -0.4 is 5.32 Å². The summed E-state index contributed by atoms with van der Waals surface area (Å²) in [7, 11) is 2.03. The third-order valence-corrected chi connectivity index (χ3v) is 5.44. The van der Waals surface area contributed by atoms with Crippen LogP contribution in [0.3, 0.4) is 0 Å². The van der Waals surface area contributed by atoms with Crippen molar-refractivity contribution in [3.8, 4) is 22.6 Å². The first-order valence-electron chi connectivity index (χ1n) is 9.73. The summed E-state index contributed by atoms with van der Waals surface area (Å²) in [6.07, 6.45) is 6.95. The number of nitrogens with zero attached hydrogens (tertiary/aromatic N) is 4. The molecule has 3 aromatic heterocycles. The standard InChI is InChI=1S/C24H21N5O/c1-15-8-17(22-12-26-16(2)29(22)3)6-7-21(15)28-24-10-20-9-18(23-13-25-14-30-23)4-5-19(20)11-27-24/h4-14H,1-3H3,(H,27,28). The molecule has 0 amide bonds. The summed E-state index contributed by atoms with van der Waals surface area (Å²) in [6.45, 7) is 4.10. The van der Waals surface area contributed by atoms with Gasteiger partial charge >= 0.3 is 0 Å². The van der Waals surface area contributed by atoms with Crippen LogP contribution in [0.1, 0.15) is 11.4 Å². The van der Waals surface area contributed by atoms with Crippen LogP contribution >= 0.6 is 0 Å². The Bertz CT molecular complexity index is 1350. The third kappa shape index (κ3) is 3.22. The number of aromatic nitrogens is 4. The maximum Gasteiger partial charge on any atom is 0.181 e. The van der Waals surface area contributed by atoms with Gasteiger partial charge in [-0.3, -0.25) is 0 Å². The number of imidazole rings is 1. The average Bonchev–Trinajstić information content (AvgIpc) is 3.40. The van der Waals surface area contributed by atoms with Gasteiger partial charge in [-0.05, 0) is 49.1 Å². The van der Waals surface area contributed by atoms with Crippen LogP contribution in [0.25, 0.3) is 33.4 Å². The highest BCUT2D eigenvalue weighted by Crippen LogP contribution is 2.29. The van der Waals surface area contributed by atoms with E-state index in [1.807, 2.05) is 44.6 Å².